The normalized spacial score (nSPS) is 19.7. The third-order valence-electron chi connectivity index (χ3n) is 4.59. The highest BCUT2D eigenvalue weighted by molar-refractivity contribution is 7.09. The number of rotatable bonds is 6. The molecule has 2 heterocycles. The quantitative estimate of drug-likeness (QED) is 0.611. The second-order valence-electron chi connectivity index (χ2n) is 7.43. The van der Waals surface area contributed by atoms with E-state index >= 15 is 0 Å². The van der Waals surface area contributed by atoms with Gasteiger partial charge in [0, 0.05) is 43.4 Å². The summed E-state index contributed by atoms with van der Waals surface area (Å²) in [6.45, 7) is 13.1. The van der Waals surface area contributed by atoms with Gasteiger partial charge in [-0.2, -0.15) is 0 Å². The number of nitrogens with zero attached hydrogens (tertiary/aromatic N) is 3. The minimum atomic E-state index is 0.131. The smallest absolute Gasteiger partial charge is 0.191 e. The topological polar surface area (TPSA) is 52.5 Å². The number of likely N-dealkylation sites (tertiary alicyclic amines) is 1. The number of aliphatic imine (C=N–C) groups is 1. The molecule has 0 aromatic carbocycles. The van der Waals surface area contributed by atoms with Crippen LogP contribution in [0.4, 0.5) is 0 Å². The molecule has 5 nitrogen and oxygen atoms in total. The van der Waals surface area contributed by atoms with Crippen LogP contribution in [0.2, 0.25) is 0 Å². The third-order valence-corrected chi connectivity index (χ3v) is 5.49. The molecule has 1 aromatic rings. The fraction of sp³-hybridized carbons (Fsp3) is 0.778. The highest BCUT2D eigenvalue weighted by Crippen LogP contribution is 2.23. The molecule has 0 radical (unpaired) electrons. The van der Waals surface area contributed by atoms with Crippen molar-refractivity contribution in [3.05, 3.63) is 16.1 Å². The van der Waals surface area contributed by atoms with E-state index in [-0.39, 0.29) is 5.41 Å². The van der Waals surface area contributed by atoms with Crippen LogP contribution in [-0.4, -0.2) is 55.1 Å². The van der Waals surface area contributed by atoms with Crippen molar-refractivity contribution in [2.24, 2.45) is 4.99 Å². The van der Waals surface area contributed by atoms with E-state index in [1.54, 1.807) is 11.3 Å². The molecule has 2 rings (SSSR count). The third kappa shape index (κ3) is 5.45. The first-order valence-corrected chi connectivity index (χ1v) is 9.95. The molecular formula is C18H33N5S. The zero-order valence-electron chi connectivity index (χ0n) is 15.9. The number of nitrogens with one attached hydrogen (secondary N) is 2. The minimum Gasteiger partial charge on any atom is -0.356 e. The molecule has 1 fully saturated rings. The monoisotopic (exact) mass is 351 g/mol. The molecule has 0 spiro atoms. The summed E-state index contributed by atoms with van der Waals surface area (Å²) in [7, 11) is 1.84. The van der Waals surface area contributed by atoms with Crippen molar-refractivity contribution in [2.45, 2.75) is 58.4 Å². The molecule has 1 atom stereocenters. The molecule has 136 valence electrons. The van der Waals surface area contributed by atoms with Gasteiger partial charge in [-0.3, -0.25) is 9.89 Å². The molecule has 1 aliphatic rings. The number of guanidine groups is 1. The summed E-state index contributed by atoms with van der Waals surface area (Å²) in [4.78, 5) is 11.6. The average molecular weight is 352 g/mol. The van der Waals surface area contributed by atoms with Crippen molar-refractivity contribution >= 4 is 17.3 Å². The van der Waals surface area contributed by atoms with Gasteiger partial charge in [-0.05, 0) is 25.9 Å². The number of aromatic nitrogens is 1. The van der Waals surface area contributed by atoms with Crippen molar-refractivity contribution in [1.82, 2.24) is 20.5 Å². The number of hydrogen-bond acceptors (Lipinski definition) is 4. The first kappa shape index (κ1) is 19.2. The summed E-state index contributed by atoms with van der Waals surface area (Å²) in [5, 5.41) is 10.3. The van der Waals surface area contributed by atoms with Gasteiger partial charge >= 0.3 is 0 Å². The summed E-state index contributed by atoms with van der Waals surface area (Å²) in [6.07, 6.45) is 3.53. The van der Waals surface area contributed by atoms with Gasteiger partial charge < -0.3 is 10.6 Å². The molecule has 24 heavy (non-hydrogen) atoms. The van der Waals surface area contributed by atoms with Crippen LogP contribution in [0.25, 0.3) is 0 Å². The summed E-state index contributed by atoms with van der Waals surface area (Å²) < 4.78 is 0. The maximum atomic E-state index is 4.75. The molecular weight excluding hydrogens is 318 g/mol. The summed E-state index contributed by atoms with van der Waals surface area (Å²) in [6, 6.07) is 0.641. The zero-order valence-corrected chi connectivity index (χ0v) is 16.7. The predicted octanol–water partition coefficient (Wildman–Crippen LogP) is 2.63. The molecule has 1 unspecified atom stereocenters. The Hall–Kier alpha value is -1.14. The molecule has 1 saturated heterocycles. The van der Waals surface area contributed by atoms with Crippen molar-refractivity contribution in [3.8, 4) is 0 Å². The molecule has 0 aliphatic carbocycles. The molecule has 1 aromatic heterocycles. The van der Waals surface area contributed by atoms with Gasteiger partial charge in [0.15, 0.2) is 5.96 Å². The number of thiazole rings is 1. The molecule has 0 bridgehead atoms. The standard InChI is InChI=1S/C18H33N5S/c1-6-23-11-7-8-14(23)12-21-17(19-5)20-10-9-16-22-15(13-24-16)18(2,3)4/h13-14H,6-12H2,1-5H3,(H2,19,20,21). The molecule has 6 heteroatoms. The second-order valence-corrected chi connectivity index (χ2v) is 8.37. The Morgan fingerprint density at radius 1 is 1.42 bits per heavy atom. The fourth-order valence-corrected chi connectivity index (χ4v) is 4.06. The van der Waals surface area contributed by atoms with Crippen LogP contribution in [0.3, 0.4) is 0 Å². The second kappa shape index (κ2) is 8.81. The Morgan fingerprint density at radius 3 is 2.83 bits per heavy atom. The van der Waals surface area contributed by atoms with Crippen molar-refractivity contribution in [1.29, 1.82) is 0 Å². The molecule has 2 N–H and O–H groups in total. The van der Waals surface area contributed by atoms with E-state index in [9.17, 15) is 0 Å². The van der Waals surface area contributed by atoms with Gasteiger partial charge in [-0.15, -0.1) is 11.3 Å². The van der Waals surface area contributed by atoms with Gasteiger partial charge in [0.25, 0.3) is 0 Å². The zero-order chi connectivity index (χ0) is 17.6. The molecule has 0 amide bonds. The SMILES string of the molecule is CCN1CCCC1CNC(=NC)NCCc1nc(C(C)(C)C)cs1. The lowest BCUT2D eigenvalue weighted by atomic mass is 9.93. The van der Waals surface area contributed by atoms with Crippen LogP contribution in [0.15, 0.2) is 10.4 Å². The molecule has 0 saturated carbocycles. The first-order chi connectivity index (χ1) is 11.4. The van der Waals surface area contributed by atoms with E-state index in [1.807, 2.05) is 7.05 Å². The summed E-state index contributed by atoms with van der Waals surface area (Å²) in [5.41, 5.74) is 1.32. The van der Waals surface area contributed by atoms with Crippen LogP contribution in [0.5, 0.6) is 0 Å². The van der Waals surface area contributed by atoms with Gasteiger partial charge in [0.2, 0.25) is 0 Å². The van der Waals surface area contributed by atoms with Crippen molar-refractivity contribution in [2.75, 3.05) is 33.2 Å². The Morgan fingerprint density at radius 2 is 2.21 bits per heavy atom. The lowest BCUT2D eigenvalue weighted by Gasteiger charge is -2.23. The van der Waals surface area contributed by atoms with Gasteiger partial charge in [-0.1, -0.05) is 27.7 Å². The van der Waals surface area contributed by atoms with Crippen LogP contribution >= 0.6 is 11.3 Å². The van der Waals surface area contributed by atoms with Crippen molar-refractivity contribution < 1.29 is 0 Å². The lowest BCUT2D eigenvalue weighted by Crippen LogP contribution is -2.45. The Kier molecular flexibility index (Phi) is 7.04. The Bertz CT molecular complexity index is 532. The van der Waals surface area contributed by atoms with Gasteiger partial charge in [-0.25, -0.2) is 4.98 Å². The van der Waals surface area contributed by atoms with E-state index < -0.39 is 0 Å². The minimum absolute atomic E-state index is 0.131. The highest BCUT2D eigenvalue weighted by atomic mass is 32.1. The van der Waals surface area contributed by atoms with Crippen LogP contribution in [0, 0.1) is 0 Å². The Balaban J connectivity index is 1.73. The fourth-order valence-electron chi connectivity index (χ4n) is 3.04. The Labute approximate surface area is 151 Å². The molecule has 1 aliphatic heterocycles. The van der Waals surface area contributed by atoms with Crippen molar-refractivity contribution in [3.63, 3.8) is 0 Å². The maximum Gasteiger partial charge on any atom is 0.191 e. The van der Waals surface area contributed by atoms with Crippen LogP contribution in [0.1, 0.15) is 51.2 Å². The van der Waals surface area contributed by atoms with E-state index in [2.05, 4.69) is 53.6 Å². The lowest BCUT2D eigenvalue weighted by molar-refractivity contribution is 0.267. The summed E-state index contributed by atoms with van der Waals surface area (Å²) in [5.74, 6) is 0.894. The van der Waals surface area contributed by atoms with E-state index in [1.165, 1.54) is 30.1 Å². The van der Waals surface area contributed by atoms with E-state index in [4.69, 9.17) is 4.98 Å². The van der Waals surface area contributed by atoms with E-state index in [0.717, 1.165) is 32.0 Å². The van der Waals surface area contributed by atoms with Gasteiger partial charge in [0.05, 0.1) is 10.7 Å². The number of likely N-dealkylation sites (N-methyl/N-ethyl adjacent to an activating group) is 1. The maximum absolute atomic E-state index is 4.75. The van der Waals surface area contributed by atoms with Crippen LogP contribution in [-0.2, 0) is 11.8 Å². The highest BCUT2D eigenvalue weighted by Gasteiger charge is 2.22. The first-order valence-electron chi connectivity index (χ1n) is 9.07. The predicted molar refractivity (Wildman–Crippen MR) is 104 cm³/mol. The van der Waals surface area contributed by atoms with Gasteiger partial charge in [0.1, 0.15) is 0 Å². The van der Waals surface area contributed by atoms with Crippen LogP contribution < -0.4 is 10.6 Å². The number of hydrogen-bond donors (Lipinski definition) is 2. The average Bonchev–Trinajstić information content (AvgIpc) is 3.18. The largest absolute Gasteiger partial charge is 0.356 e. The van der Waals surface area contributed by atoms with E-state index in [0.29, 0.717) is 6.04 Å². The summed E-state index contributed by atoms with van der Waals surface area (Å²) >= 11 is 1.75.